The Kier molecular flexibility index (Phi) is 5.57. The number of rotatable bonds is 5. The van der Waals surface area contributed by atoms with Crippen LogP contribution in [0.15, 0.2) is 6.20 Å². The van der Waals surface area contributed by atoms with E-state index in [1.807, 2.05) is 25.9 Å². The zero-order chi connectivity index (χ0) is 16.1. The molecule has 6 heteroatoms. The monoisotopic (exact) mass is 306 g/mol. The van der Waals surface area contributed by atoms with Gasteiger partial charge in [0.1, 0.15) is 0 Å². The molecular formula is C16H26N4O2. The number of aryl methyl sites for hydroxylation is 2. The van der Waals surface area contributed by atoms with Gasteiger partial charge in [-0.1, -0.05) is 19.3 Å². The number of nitrogens with zero attached hydrogens (tertiary/aromatic N) is 3. The van der Waals surface area contributed by atoms with Gasteiger partial charge in [0.05, 0.1) is 11.4 Å². The molecule has 1 fully saturated rings. The lowest BCUT2D eigenvalue weighted by molar-refractivity contribution is -0.134. The van der Waals surface area contributed by atoms with Crippen LogP contribution in [0.3, 0.4) is 0 Å². The molecule has 0 unspecified atom stereocenters. The van der Waals surface area contributed by atoms with Gasteiger partial charge in [0.25, 0.3) is 0 Å². The van der Waals surface area contributed by atoms with E-state index in [1.54, 1.807) is 10.9 Å². The maximum atomic E-state index is 12.2. The average molecular weight is 306 g/mol. The minimum Gasteiger partial charge on any atom is -0.343 e. The van der Waals surface area contributed by atoms with Crippen molar-refractivity contribution in [2.75, 3.05) is 12.4 Å². The van der Waals surface area contributed by atoms with Crippen LogP contribution < -0.4 is 5.32 Å². The van der Waals surface area contributed by atoms with Crippen molar-refractivity contribution >= 4 is 17.5 Å². The summed E-state index contributed by atoms with van der Waals surface area (Å²) in [4.78, 5) is 26.0. The summed E-state index contributed by atoms with van der Waals surface area (Å²) in [5.74, 6) is -0.0774. The van der Waals surface area contributed by atoms with E-state index < -0.39 is 0 Å². The van der Waals surface area contributed by atoms with Gasteiger partial charge in [-0.05, 0) is 19.8 Å². The number of hydrogen-bond acceptors (Lipinski definition) is 3. The van der Waals surface area contributed by atoms with Gasteiger partial charge in [-0.25, -0.2) is 0 Å². The van der Waals surface area contributed by atoms with Crippen LogP contribution in [0.1, 0.15) is 50.6 Å². The quantitative estimate of drug-likeness (QED) is 0.907. The first-order valence-electron chi connectivity index (χ1n) is 8.03. The molecule has 1 aliphatic carbocycles. The van der Waals surface area contributed by atoms with Crippen LogP contribution in [0.25, 0.3) is 0 Å². The lowest BCUT2D eigenvalue weighted by Gasteiger charge is -2.31. The van der Waals surface area contributed by atoms with Crippen LogP contribution in [0, 0.1) is 6.92 Å². The van der Waals surface area contributed by atoms with Crippen molar-refractivity contribution in [3.8, 4) is 0 Å². The van der Waals surface area contributed by atoms with E-state index in [-0.39, 0.29) is 24.7 Å². The number of nitrogens with one attached hydrogen (secondary N) is 1. The molecule has 122 valence electrons. The Morgan fingerprint density at radius 3 is 2.59 bits per heavy atom. The highest BCUT2D eigenvalue weighted by molar-refractivity contribution is 5.93. The molecule has 1 aromatic rings. The number of carbonyl (C=O) groups is 2. The molecule has 0 bridgehead atoms. The van der Waals surface area contributed by atoms with E-state index in [2.05, 4.69) is 10.4 Å². The van der Waals surface area contributed by atoms with E-state index in [1.165, 1.54) is 19.3 Å². The molecule has 22 heavy (non-hydrogen) atoms. The zero-order valence-corrected chi connectivity index (χ0v) is 13.8. The standard InChI is InChI=1S/C16H26N4O2/c1-12-14(11-19(2)18-12)17-15(21)9-10-16(22)20(3)13-7-5-4-6-8-13/h11,13H,4-10H2,1-3H3,(H,17,21). The SMILES string of the molecule is Cc1nn(C)cc1NC(=O)CCC(=O)N(C)C1CCCCC1. The highest BCUT2D eigenvalue weighted by Gasteiger charge is 2.22. The number of amides is 2. The molecule has 0 aliphatic heterocycles. The second-order valence-corrected chi connectivity index (χ2v) is 6.15. The van der Waals surface area contributed by atoms with Crippen LogP contribution in [0.4, 0.5) is 5.69 Å². The fourth-order valence-corrected chi connectivity index (χ4v) is 3.00. The molecule has 1 aromatic heterocycles. The smallest absolute Gasteiger partial charge is 0.224 e. The summed E-state index contributed by atoms with van der Waals surface area (Å²) in [6.45, 7) is 1.84. The van der Waals surface area contributed by atoms with Crippen molar-refractivity contribution in [2.45, 2.75) is 57.9 Å². The van der Waals surface area contributed by atoms with Crippen LogP contribution in [0.2, 0.25) is 0 Å². The van der Waals surface area contributed by atoms with E-state index in [0.717, 1.165) is 18.5 Å². The van der Waals surface area contributed by atoms with E-state index in [4.69, 9.17) is 0 Å². The van der Waals surface area contributed by atoms with Gasteiger partial charge in [-0.3, -0.25) is 14.3 Å². The van der Waals surface area contributed by atoms with Gasteiger partial charge in [0.2, 0.25) is 11.8 Å². The predicted octanol–water partition coefficient (Wildman–Crippen LogP) is 2.24. The van der Waals surface area contributed by atoms with Crippen molar-refractivity contribution in [1.82, 2.24) is 14.7 Å². The molecule has 0 spiro atoms. The average Bonchev–Trinajstić information content (AvgIpc) is 2.82. The van der Waals surface area contributed by atoms with E-state index in [0.29, 0.717) is 11.7 Å². The summed E-state index contributed by atoms with van der Waals surface area (Å²) in [5.41, 5.74) is 1.49. The summed E-state index contributed by atoms with van der Waals surface area (Å²) < 4.78 is 1.66. The highest BCUT2D eigenvalue weighted by Crippen LogP contribution is 2.22. The number of aromatic nitrogens is 2. The van der Waals surface area contributed by atoms with Crippen molar-refractivity contribution in [2.24, 2.45) is 7.05 Å². The minimum absolute atomic E-state index is 0.0601. The Balaban J connectivity index is 1.77. The molecule has 0 aromatic carbocycles. The van der Waals surface area contributed by atoms with Crippen molar-refractivity contribution in [1.29, 1.82) is 0 Å². The van der Waals surface area contributed by atoms with Gasteiger partial charge >= 0.3 is 0 Å². The largest absolute Gasteiger partial charge is 0.343 e. The second kappa shape index (κ2) is 7.42. The van der Waals surface area contributed by atoms with Crippen LogP contribution in [-0.4, -0.2) is 39.6 Å². The van der Waals surface area contributed by atoms with Crippen LogP contribution in [0.5, 0.6) is 0 Å². The molecule has 2 amide bonds. The van der Waals surface area contributed by atoms with Crippen molar-refractivity contribution < 1.29 is 9.59 Å². The Labute approximate surface area is 131 Å². The number of hydrogen-bond donors (Lipinski definition) is 1. The lowest BCUT2D eigenvalue weighted by atomic mass is 9.94. The lowest BCUT2D eigenvalue weighted by Crippen LogP contribution is -2.38. The Hall–Kier alpha value is -1.85. The number of carbonyl (C=O) groups excluding carboxylic acids is 2. The molecule has 6 nitrogen and oxygen atoms in total. The van der Waals surface area contributed by atoms with Crippen LogP contribution >= 0.6 is 0 Å². The van der Waals surface area contributed by atoms with E-state index >= 15 is 0 Å². The first-order valence-corrected chi connectivity index (χ1v) is 8.03. The topological polar surface area (TPSA) is 67.2 Å². The van der Waals surface area contributed by atoms with Gasteiger partial charge in [0.15, 0.2) is 0 Å². The van der Waals surface area contributed by atoms with Gasteiger partial charge in [-0.15, -0.1) is 0 Å². The Morgan fingerprint density at radius 2 is 2.00 bits per heavy atom. The first-order chi connectivity index (χ1) is 10.5. The molecular weight excluding hydrogens is 280 g/mol. The Bertz CT molecular complexity index is 532. The normalized spacial score (nSPS) is 15.6. The van der Waals surface area contributed by atoms with Crippen LogP contribution in [-0.2, 0) is 16.6 Å². The first kappa shape index (κ1) is 16.5. The minimum atomic E-state index is -0.138. The zero-order valence-electron chi connectivity index (χ0n) is 13.8. The molecule has 1 aliphatic rings. The molecule has 1 saturated carbocycles. The molecule has 1 N–H and O–H groups in total. The summed E-state index contributed by atoms with van der Waals surface area (Å²) in [7, 11) is 3.67. The summed E-state index contributed by atoms with van der Waals surface area (Å²) in [6.07, 6.45) is 8.08. The van der Waals surface area contributed by atoms with E-state index in [9.17, 15) is 9.59 Å². The maximum absolute atomic E-state index is 12.2. The van der Waals surface area contributed by atoms with Gasteiger partial charge in [-0.2, -0.15) is 5.10 Å². The fourth-order valence-electron chi connectivity index (χ4n) is 3.00. The summed E-state index contributed by atoms with van der Waals surface area (Å²) in [6, 6.07) is 0.352. The molecule has 0 radical (unpaired) electrons. The third-order valence-electron chi connectivity index (χ3n) is 4.37. The third-order valence-corrected chi connectivity index (χ3v) is 4.37. The van der Waals surface area contributed by atoms with Crippen molar-refractivity contribution in [3.63, 3.8) is 0 Å². The van der Waals surface area contributed by atoms with Gasteiger partial charge in [0, 0.05) is 39.2 Å². The molecule has 0 saturated heterocycles. The summed E-state index contributed by atoms with van der Waals surface area (Å²) >= 11 is 0. The molecule has 0 atom stereocenters. The second-order valence-electron chi connectivity index (χ2n) is 6.15. The molecule has 2 rings (SSSR count). The Morgan fingerprint density at radius 1 is 1.32 bits per heavy atom. The van der Waals surface area contributed by atoms with Gasteiger partial charge < -0.3 is 10.2 Å². The molecule has 1 heterocycles. The third kappa shape index (κ3) is 4.32. The number of anilines is 1. The fraction of sp³-hybridized carbons (Fsp3) is 0.688. The predicted molar refractivity (Wildman–Crippen MR) is 85.5 cm³/mol. The maximum Gasteiger partial charge on any atom is 0.224 e. The highest BCUT2D eigenvalue weighted by atomic mass is 16.2. The summed E-state index contributed by atoms with van der Waals surface area (Å²) in [5, 5.41) is 6.99. The van der Waals surface area contributed by atoms with Crippen molar-refractivity contribution in [3.05, 3.63) is 11.9 Å².